The zero-order chi connectivity index (χ0) is 13.8. The number of hydrogen-bond acceptors (Lipinski definition) is 3. The molecule has 1 aliphatic heterocycles. The highest BCUT2D eigenvalue weighted by Gasteiger charge is 2.26. The molecule has 0 aromatic rings. The second-order valence-electron chi connectivity index (χ2n) is 7.25. The number of likely N-dealkylation sites (N-methyl/N-ethyl adjacent to an activating group) is 1. The van der Waals surface area contributed by atoms with Crippen molar-refractivity contribution in [3.8, 4) is 0 Å². The van der Waals surface area contributed by atoms with Gasteiger partial charge in [-0.2, -0.15) is 0 Å². The molecule has 3 heteroatoms. The quantitative estimate of drug-likeness (QED) is 0.782. The zero-order valence-corrected chi connectivity index (χ0v) is 13.3. The first-order chi connectivity index (χ1) is 8.30. The fourth-order valence-electron chi connectivity index (χ4n) is 2.63. The van der Waals surface area contributed by atoms with Gasteiger partial charge in [-0.25, -0.2) is 0 Å². The summed E-state index contributed by atoms with van der Waals surface area (Å²) in [6.45, 7) is 18.7. The molecule has 3 nitrogen and oxygen atoms in total. The monoisotopic (exact) mass is 255 g/mol. The molecule has 0 spiro atoms. The Morgan fingerprint density at radius 1 is 1.28 bits per heavy atom. The molecular weight excluding hydrogens is 222 g/mol. The highest BCUT2D eigenvalue weighted by atomic mass is 15.3. The number of rotatable bonds is 6. The van der Waals surface area contributed by atoms with E-state index >= 15 is 0 Å². The van der Waals surface area contributed by atoms with Crippen LogP contribution in [0.2, 0.25) is 0 Å². The minimum atomic E-state index is 0.366. The maximum Gasteiger partial charge on any atom is 0.0192 e. The molecule has 0 radical (unpaired) electrons. The van der Waals surface area contributed by atoms with Gasteiger partial charge in [0, 0.05) is 38.8 Å². The van der Waals surface area contributed by atoms with E-state index in [2.05, 4.69) is 56.8 Å². The molecule has 0 aliphatic carbocycles. The molecular formula is C15H33N3. The van der Waals surface area contributed by atoms with Crippen molar-refractivity contribution >= 4 is 0 Å². The second kappa shape index (κ2) is 6.88. The first-order valence-electron chi connectivity index (χ1n) is 7.43. The predicted octanol–water partition coefficient (Wildman–Crippen LogP) is 1.89. The highest BCUT2D eigenvalue weighted by molar-refractivity contribution is 4.82. The van der Waals surface area contributed by atoms with Gasteiger partial charge in [0.25, 0.3) is 0 Å². The van der Waals surface area contributed by atoms with Crippen LogP contribution in [0.5, 0.6) is 0 Å². The molecule has 1 N–H and O–H groups in total. The molecule has 1 fully saturated rings. The molecule has 0 bridgehead atoms. The van der Waals surface area contributed by atoms with Crippen molar-refractivity contribution in [1.29, 1.82) is 0 Å². The van der Waals surface area contributed by atoms with Crippen LogP contribution in [0.25, 0.3) is 0 Å². The van der Waals surface area contributed by atoms with Crippen LogP contribution in [-0.4, -0.2) is 62.2 Å². The third kappa shape index (κ3) is 5.68. The SMILES string of the molecule is CC(C)CNCC(C)(C)CN1CCN(C)C(C)C1. The van der Waals surface area contributed by atoms with Crippen LogP contribution in [-0.2, 0) is 0 Å². The van der Waals surface area contributed by atoms with Gasteiger partial charge in [0.15, 0.2) is 0 Å². The summed E-state index contributed by atoms with van der Waals surface area (Å²) in [5.74, 6) is 0.740. The van der Waals surface area contributed by atoms with Crippen LogP contribution in [0.4, 0.5) is 0 Å². The van der Waals surface area contributed by atoms with Gasteiger partial charge in [0.1, 0.15) is 0 Å². The van der Waals surface area contributed by atoms with E-state index in [1.54, 1.807) is 0 Å². The van der Waals surface area contributed by atoms with Crippen molar-refractivity contribution in [3.63, 3.8) is 0 Å². The third-order valence-corrected chi connectivity index (χ3v) is 3.85. The molecule has 0 aromatic heterocycles. The van der Waals surface area contributed by atoms with Gasteiger partial charge in [-0.3, -0.25) is 4.90 Å². The Bertz CT molecular complexity index is 238. The first-order valence-corrected chi connectivity index (χ1v) is 7.43. The van der Waals surface area contributed by atoms with Crippen molar-refractivity contribution in [3.05, 3.63) is 0 Å². The lowest BCUT2D eigenvalue weighted by atomic mass is 9.92. The molecule has 0 saturated carbocycles. The van der Waals surface area contributed by atoms with Gasteiger partial charge in [-0.05, 0) is 31.8 Å². The largest absolute Gasteiger partial charge is 0.316 e. The summed E-state index contributed by atoms with van der Waals surface area (Å²) in [5.41, 5.74) is 0.366. The highest BCUT2D eigenvalue weighted by Crippen LogP contribution is 2.18. The van der Waals surface area contributed by atoms with Crippen molar-refractivity contribution < 1.29 is 0 Å². The maximum absolute atomic E-state index is 3.60. The first kappa shape index (κ1) is 15.9. The van der Waals surface area contributed by atoms with Crippen molar-refractivity contribution in [2.45, 2.75) is 40.7 Å². The summed E-state index contributed by atoms with van der Waals surface area (Å²) in [6.07, 6.45) is 0. The summed E-state index contributed by atoms with van der Waals surface area (Å²) < 4.78 is 0. The van der Waals surface area contributed by atoms with Gasteiger partial charge in [0.05, 0.1) is 0 Å². The van der Waals surface area contributed by atoms with E-state index < -0.39 is 0 Å². The lowest BCUT2D eigenvalue weighted by Gasteiger charge is -2.41. The van der Waals surface area contributed by atoms with E-state index in [1.165, 1.54) is 26.2 Å². The smallest absolute Gasteiger partial charge is 0.0192 e. The van der Waals surface area contributed by atoms with E-state index in [0.29, 0.717) is 11.5 Å². The Hall–Kier alpha value is -0.120. The Labute approximate surface area is 114 Å². The molecule has 1 atom stereocenters. The number of hydrogen-bond donors (Lipinski definition) is 1. The van der Waals surface area contributed by atoms with Gasteiger partial charge in [0.2, 0.25) is 0 Å². The van der Waals surface area contributed by atoms with Crippen LogP contribution >= 0.6 is 0 Å². The van der Waals surface area contributed by atoms with E-state index in [0.717, 1.165) is 19.0 Å². The maximum atomic E-state index is 3.60. The molecule has 0 amide bonds. The van der Waals surface area contributed by atoms with Gasteiger partial charge < -0.3 is 10.2 Å². The molecule has 18 heavy (non-hydrogen) atoms. The Morgan fingerprint density at radius 2 is 1.94 bits per heavy atom. The Balaban J connectivity index is 2.31. The summed E-state index contributed by atoms with van der Waals surface area (Å²) in [7, 11) is 2.23. The fraction of sp³-hybridized carbons (Fsp3) is 1.00. The van der Waals surface area contributed by atoms with Crippen LogP contribution < -0.4 is 5.32 Å². The summed E-state index contributed by atoms with van der Waals surface area (Å²) in [6, 6.07) is 0.693. The van der Waals surface area contributed by atoms with E-state index in [1.807, 2.05) is 0 Å². The number of piperazine rings is 1. The minimum Gasteiger partial charge on any atom is -0.316 e. The minimum absolute atomic E-state index is 0.366. The Morgan fingerprint density at radius 3 is 2.50 bits per heavy atom. The standard InChI is InChI=1S/C15H33N3/c1-13(2)9-16-11-15(4,5)12-18-8-7-17(6)14(3)10-18/h13-14,16H,7-12H2,1-6H3. The Kier molecular flexibility index (Phi) is 6.09. The van der Waals surface area contributed by atoms with Crippen LogP contribution in [0, 0.1) is 11.3 Å². The van der Waals surface area contributed by atoms with E-state index in [4.69, 9.17) is 0 Å². The van der Waals surface area contributed by atoms with Crippen LogP contribution in [0.15, 0.2) is 0 Å². The topological polar surface area (TPSA) is 18.5 Å². The molecule has 1 aliphatic rings. The molecule has 0 aromatic carbocycles. The molecule has 1 heterocycles. The predicted molar refractivity (Wildman–Crippen MR) is 80.0 cm³/mol. The summed E-state index contributed by atoms with van der Waals surface area (Å²) in [4.78, 5) is 5.09. The van der Waals surface area contributed by atoms with Gasteiger partial charge >= 0.3 is 0 Å². The number of nitrogens with one attached hydrogen (secondary N) is 1. The van der Waals surface area contributed by atoms with Crippen molar-refractivity contribution in [2.24, 2.45) is 11.3 Å². The zero-order valence-electron chi connectivity index (χ0n) is 13.3. The second-order valence-corrected chi connectivity index (χ2v) is 7.25. The fourth-order valence-corrected chi connectivity index (χ4v) is 2.63. The summed E-state index contributed by atoms with van der Waals surface area (Å²) >= 11 is 0. The van der Waals surface area contributed by atoms with Crippen LogP contribution in [0.1, 0.15) is 34.6 Å². The molecule has 1 rings (SSSR count). The van der Waals surface area contributed by atoms with Crippen molar-refractivity contribution in [2.75, 3.05) is 46.3 Å². The average Bonchev–Trinajstić information content (AvgIpc) is 2.22. The van der Waals surface area contributed by atoms with E-state index in [-0.39, 0.29) is 0 Å². The summed E-state index contributed by atoms with van der Waals surface area (Å²) in [5, 5.41) is 3.60. The number of nitrogens with zero attached hydrogens (tertiary/aromatic N) is 2. The van der Waals surface area contributed by atoms with Crippen molar-refractivity contribution in [1.82, 2.24) is 15.1 Å². The molecule has 108 valence electrons. The molecule has 1 unspecified atom stereocenters. The third-order valence-electron chi connectivity index (χ3n) is 3.85. The normalized spacial score (nSPS) is 23.8. The van der Waals surface area contributed by atoms with Gasteiger partial charge in [-0.15, -0.1) is 0 Å². The van der Waals surface area contributed by atoms with Gasteiger partial charge in [-0.1, -0.05) is 27.7 Å². The van der Waals surface area contributed by atoms with E-state index in [9.17, 15) is 0 Å². The van der Waals surface area contributed by atoms with Crippen LogP contribution in [0.3, 0.4) is 0 Å². The lowest BCUT2D eigenvalue weighted by Crippen LogP contribution is -2.53. The lowest BCUT2D eigenvalue weighted by molar-refractivity contribution is 0.0744. The average molecular weight is 255 g/mol. The molecule has 1 saturated heterocycles.